The number of thioether (sulfide) groups is 1. The minimum atomic E-state index is -0.159. The van der Waals surface area contributed by atoms with Crippen LogP contribution in [0.2, 0.25) is 0 Å². The van der Waals surface area contributed by atoms with E-state index in [-0.39, 0.29) is 17.2 Å². The highest BCUT2D eigenvalue weighted by atomic mass is 32.2. The number of anilines is 2. The molecule has 0 bridgehead atoms. The van der Waals surface area contributed by atoms with Crippen molar-refractivity contribution in [2.45, 2.75) is 18.6 Å². The van der Waals surface area contributed by atoms with Crippen molar-refractivity contribution in [3.63, 3.8) is 0 Å². The summed E-state index contributed by atoms with van der Waals surface area (Å²) in [5, 5.41) is 5.98. The fraction of sp³-hybridized carbons (Fsp3) is 0.192. The topological polar surface area (TPSA) is 67.2 Å². The number of aryl methyl sites for hydroxylation is 1. The number of allylic oxidation sites excluding steroid dienone is 1. The summed E-state index contributed by atoms with van der Waals surface area (Å²) in [5.41, 5.74) is 4.69. The van der Waals surface area contributed by atoms with Gasteiger partial charge in [0.1, 0.15) is 4.83 Å². The Morgan fingerprint density at radius 2 is 1.88 bits per heavy atom. The molecular formula is C26H26N4O2S2. The Morgan fingerprint density at radius 1 is 1.18 bits per heavy atom. The molecule has 2 aromatic heterocycles. The van der Waals surface area contributed by atoms with Crippen LogP contribution in [-0.4, -0.2) is 35.3 Å². The van der Waals surface area contributed by atoms with Crippen LogP contribution in [0.15, 0.2) is 76.5 Å². The molecule has 0 aliphatic carbocycles. The van der Waals surface area contributed by atoms with E-state index in [2.05, 4.69) is 11.9 Å². The predicted molar refractivity (Wildman–Crippen MR) is 144 cm³/mol. The molecule has 0 radical (unpaired) electrons. The maximum absolute atomic E-state index is 13.4. The summed E-state index contributed by atoms with van der Waals surface area (Å²) >= 11 is 2.69. The Bertz CT molecular complexity index is 1390. The lowest BCUT2D eigenvalue weighted by atomic mass is 10.1. The van der Waals surface area contributed by atoms with Crippen LogP contribution >= 0.6 is 23.1 Å². The molecule has 0 saturated carbocycles. The van der Waals surface area contributed by atoms with E-state index < -0.39 is 0 Å². The number of thiophene rings is 1. The van der Waals surface area contributed by atoms with E-state index in [0.29, 0.717) is 21.9 Å². The molecule has 0 spiro atoms. The number of nitrogens with one attached hydrogen (secondary N) is 1. The van der Waals surface area contributed by atoms with Crippen LogP contribution < -0.4 is 15.8 Å². The number of fused-ring (bicyclic) bond motifs is 1. The summed E-state index contributed by atoms with van der Waals surface area (Å²) in [7, 11) is 3.93. The highest BCUT2D eigenvalue weighted by Crippen LogP contribution is 2.32. The van der Waals surface area contributed by atoms with E-state index >= 15 is 0 Å². The monoisotopic (exact) mass is 490 g/mol. The van der Waals surface area contributed by atoms with Crippen LogP contribution in [0.4, 0.5) is 11.4 Å². The third-order valence-corrected chi connectivity index (χ3v) is 7.18. The third-order valence-electron chi connectivity index (χ3n) is 5.33. The number of carbonyl (C=O) groups is 1. The number of hydrogen-bond donors (Lipinski definition) is 1. The highest BCUT2D eigenvalue weighted by Gasteiger charge is 2.18. The summed E-state index contributed by atoms with van der Waals surface area (Å²) in [4.78, 5) is 33.4. The number of carbonyl (C=O) groups excluding carboxylic acids is 1. The molecule has 0 unspecified atom stereocenters. The Morgan fingerprint density at radius 3 is 2.53 bits per heavy atom. The zero-order valence-corrected chi connectivity index (χ0v) is 21.0. The highest BCUT2D eigenvalue weighted by molar-refractivity contribution is 7.99. The van der Waals surface area contributed by atoms with Gasteiger partial charge in [-0.25, -0.2) is 4.98 Å². The fourth-order valence-corrected chi connectivity index (χ4v) is 5.32. The van der Waals surface area contributed by atoms with Gasteiger partial charge in [-0.2, -0.15) is 0 Å². The minimum Gasteiger partial charge on any atom is -0.378 e. The van der Waals surface area contributed by atoms with Crippen LogP contribution in [0.3, 0.4) is 0 Å². The van der Waals surface area contributed by atoms with Gasteiger partial charge in [-0.05, 0) is 36.8 Å². The predicted octanol–water partition coefficient (Wildman–Crippen LogP) is 5.42. The lowest BCUT2D eigenvalue weighted by molar-refractivity contribution is -0.113. The van der Waals surface area contributed by atoms with Crippen LogP contribution in [0.5, 0.6) is 0 Å². The summed E-state index contributed by atoms with van der Waals surface area (Å²) in [5.74, 6) is -0.0191. The van der Waals surface area contributed by atoms with Gasteiger partial charge in [-0.1, -0.05) is 47.7 Å². The van der Waals surface area contributed by atoms with Gasteiger partial charge in [0.2, 0.25) is 5.91 Å². The van der Waals surface area contributed by atoms with E-state index in [1.165, 1.54) is 23.1 Å². The van der Waals surface area contributed by atoms with Gasteiger partial charge in [-0.3, -0.25) is 14.2 Å². The second-order valence-corrected chi connectivity index (χ2v) is 9.87. The molecular weight excluding hydrogens is 464 g/mol. The number of benzene rings is 2. The maximum atomic E-state index is 13.4. The molecule has 6 nitrogen and oxygen atoms in total. The van der Waals surface area contributed by atoms with Crippen molar-refractivity contribution in [2.75, 3.05) is 30.1 Å². The van der Waals surface area contributed by atoms with Gasteiger partial charge in [0.05, 0.1) is 11.1 Å². The molecule has 2 aromatic carbocycles. The van der Waals surface area contributed by atoms with Crippen molar-refractivity contribution in [3.8, 4) is 11.1 Å². The van der Waals surface area contributed by atoms with Crippen molar-refractivity contribution in [1.29, 1.82) is 0 Å². The van der Waals surface area contributed by atoms with Gasteiger partial charge in [0.25, 0.3) is 5.56 Å². The number of hydrogen-bond acceptors (Lipinski definition) is 6. The molecule has 1 N–H and O–H groups in total. The summed E-state index contributed by atoms with van der Waals surface area (Å²) in [6, 6.07) is 15.7. The van der Waals surface area contributed by atoms with E-state index in [1.54, 1.807) is 10.6 Å². The molecule has 0 atom stereocenters. The first-order valence-corrected chi connectivity index (χ1v) is 12.6. The third kappa shape index (κ3) is 5.08. The summed E-state index contributed by atoms with van der Waals surface area (Å²) in [6.07, 6.45) is 1.67. The lowest BCUT2D eigenvalue weighted by Gasteiger charge is -2.13. The first kappa shape index (κ1) is 23.8. The standard InChI is InChI=1S/C26H26N4O2S2/c1-5-14-30-25(32)23-21(18-8-6-17(2)7-9-18)15-33-24(23)28-26(30)34-16-22(31)27-19-10-12-20(13-11-19)29(3)4/h5-13,15H,1,14,16H2,2-4H3,(H,27,31). The van der Waals surface area contributed by atoms with Gasteiger partial charge in [0.15, 0.2) is 5.16 Å². The van der Waals surface area contributed by atoms with Crippen LogP contribution in [0.25, 0.3) is 21.3 Å². The maximum Gasteiger partial charge on any atom is 0.263 e. The van der Waals surface area contributed by atoms with Crippen molar-refractivity contribution >= 4 is 50.6 Å². The Hall–Kier alpha value is -3.36. The average Bonchev–Trinajstić information content (AvgIpc) is 3.25. The molecule has 0 saturated heterocycles. The Kier molecular flexibility index (Phi) is 7.19. The normalized spacial score (nSPS) is 10.9. The average molecular weight is 491 g/mol. The van der Waals surface area contributed by atoms with Crippen molar-refractivity contribution in [2.24, 2.45) is 0 Å². The van der Waals surface area contributed by atoms with Gasteiger partial charge in [-0.15, -0.1) is 17.9 Å². The first-order chi connectivity index (χ1) is 16.4. The Labute approximate surface area is 207 Å². The Balaban J connectivity index is 1.58. The first-order valence-electron chi connectivity index (χ1n) is 10.8. The summed E-state index contributed by atoms with van der Waals surface area (Å²) in [6.45, 7) is 6.14. The number of amides is 1. The van der Waals surface area contributed by atoms with E-state index in [0.717, 1.165) is 28.1 Å². The molecule has 0 aliphatic rings. The largest absolute Gasteiger partial charge is 0.378 e. The number of aromatic nitrogens is 2. The molecule has 0 fully saturated rings. The van der Waals surface area contributed by atoms with Crippen molar-refractivity contribution in [3.05, 3.63) is 82.5 Å². The second-order valence-electron chi connectivity index (χ2n) is 8.07. The van der Waals surface area contributed by atoms with E-state index in [1.807, 2.05) is 79.8 Å². The second kappa shape index (κ2) is 10.3. The summed E-state index contributed by atoms with van der Waals surface area (Å²) < 4.78 is 1.59. The zero-order valence-electron chi connectivity index (χ0n) is 19.4. The lowest BCUT2D eigenvalue weighted by Crippen LogP contribution is -2.23. The smallest absolute Gasteiger partial charge is 0.263 e. The molecule has 1 amide bonds. The van der Waals surface area contributed by atoms with Crippen molar-refractivity contribution < 1.29 is 4.79 Å². The SMILES string of the molecule is C=CCn1c(SCC(=O)Nc2ccc(N(C)C)cc2)nc2scc(-c3ccc(C)cc3)c2c1=O. The van der Waals surface area contributed by atoms with E-state index in [9.17, 15) is 9.59 Å². The van der Waals surface area contributed by atoms with Crippen molar-refractivity contribution in [1.82, 2.24) is 9.55 Å². The molecule has 34 heavy (non-hydrogen) atoms. The molecule has 174 valence electrons. The fourth-order valence-electron chi connectivity index (χ4n) is 3.52. The van der Waals surface area contributed by atoms with Gasteiger partial charge in [0, 0.05) is 43.0 Å². The zero-order chi connectivity index (χ0) is 24.2. The van der Waals surface area contributed by atoms with Crippen LogP contribution in [-0.2, 0) is 11.3 Å². The molecule has 2 heterocycles. The van der Waals surface area contributed by atoms with E-state index in [4.69, 9.17) is 4.98 Å². The number of nitrogens with zero attached hydrogens (tertiary/aromatic N) is 3. The molecule has 4 rings (SSSR count). The van der Waals surface area contributed by atoms with Gasteiger partial charge < -0.3 is 10.2 Å². The molecule has 4 aromatic rings. The van der Waals surface area contributed by atoms with Crippen LogP contribution in [0, 0.1) is 6.92 Å². The van der Waals surface area contributed by atoms with Crippen LogP contribution in [0.1, 0.15) is 5.56 Å². The molecule has 8 heteroatoms. The van der Waals surface area contributed by atoms with Gasteiger partial charge >= 0.3 is 0 Å². The molecule has 0 aliphatic heterocycles. The quantitative estimate of drug-likeness (QED) is 0.203. The minimum absolute atomic E-state index is 0.121. The number of rotatable bonds is 8.